The summed E-state index contributed by atoms with van der Waals surface area (Å²) in [5.74, 6) is 0.254. The van der Waals surface area contributed by atoms with Crippen molar-refractivity contribution in [2.75, 3.05) is 5.32 Å². The molecule has 0 atom stereocenters. The van der Waals surface area contributed by atoms with Gasteiger partial charge >= 0.3 is 0 Å². The van der Waals surface area contributed by atoms with Gasteiger partial charge in [-0.15, -0.1) is 10.2 Å². The molecule has 1 aliphatic rings. The number of nitrogens with zero attached hydrogens (tertiary/aromatic N) is 5. The Morgan fingerprint density at radius 3 is 2.70 bits per heavy atom. The van der Waals surface area contributed by atoms with E-state index >= 15 is 0 Å². The predicted octanol–water partition coefficient (Wildman–Crippen LogP) is 4.64. The molecule has 0 aliphatic heterocycles. The van der Waals surface area contributed by atoms with Crippen LogP contribution in [0.3, 0.4) is 0 Å². The van der Waals surface area contributed by atoms with Crippen LogP contribution in [0.25, 0.3) is 16.7 Å². The number of rotatable bonds is 6. The van der Waals surface area contributed by atoms with Crippen LogP contribution in [0.15, 0.2) is 69.9 Å². The normalized spacial score (nSPS) is 13.9. The van der Waals surface area contributed by atoms with Gasteiger partial charge in [-0.05, 0) is 36.6 Å². The van der Waals surface area contributed by atoms with Gasteiger partial charge in [0, 0.05) is 18.0 Å². The van der Waals surface area contributed by atoms with Crippen molar-refractivity contribution in [1.29, 1.82) is 5.41 Å². The minimum Gasteiger partial charge on any atom is -0.307 e. The van der Waals surface area contributed by atoms with E-state index in [1.54, 1.807) is 34.7 Å². The van der Waals surface area contributed by atoms with Gasteiger partial charge in [0.05, 0.1) is 10.9 Å². The zero-order valence-corrected chi connectivity index (χ0v) is 21.4. The number of hydrogen-bond donors (Lipinski definition) is 2. The van der Waals surface area contributed by atoms with Crippen molar-refractivity contribution in [3.8, 4) is 0 Å². The smallest absolute Gasteiger partial charge is 0.267 e. The highest BCUT2D eigenvalue weighted by Crippen LogP contribution is 2.31. The van der Waals surface area contributed by atoms with Crippen LogP contribution in [0.1, 0.15) is 47.6 Å². The van der Waals surface area contributed by atoms with Gasteiger partial charge < -0.3 is 4.57 Å². The quantitative estimate of drug-likeness (QED) is 0.188. The molecule has 0 unspecified atom stereocenters. The first-order valence-electron chi connectivity index (χ1n) is 12.0. The number of benzene rings is 1. The van der Waals surface area contributed by atoms with Crippen LogP contribution in [0.4, 0.5) is 5.13 Å². The van der Waals surface area contributed by atoms with Gasteiger partial charge in [-0.3, -0.25) is 24.7 Å². The summed E-state index contributed by atoms with van der Waals surface area (Å²) in [4.78, 5) is 31.5. The SMILES string of the molecule is N=c1c(C(=O)Nc2nnc(SCc3ccccc3)s2)cc2c(=O)n3ccccc3nc2n1C1CCCC1. The van der Waals surface area contributed by atoms with E-state index in [4.69, 9.17) is 10.4 Å². The fourth-order valence-electron chi connectivity index (χ4n) is 4.74. The molecule has 0 saturated heterocycles. The van der Waals surface area contributed by atoms with E-state index in [2.05, 4.69) is 15.5 Å². The summed E-state index contributed by atoms with van der Waals surface area (Å²) in [6, 6.07) is 16.9. The van der Waals surface area contributed by atoms with Gasteiger partial charge in [-0.1, -0.05) is 72.3 Å². The lowest BCUT2D eigenvalue weighted by molar-refractivity contribution is 0.102. The predicted molar refractivity (Wildman–Crippen MR) is 144 cm³/mol. The van der Waals surface area contributed by atoms with Crippen molar-refractivity contribution >= 4 is 50.8 Å². The molecule has 1 saturated carbocycles. The fourth-order valence-corrected chi connectivity index (χ4v) is 6.45. The maximum absolute atomic E-state index is 13.4. The zero-order chi connectivity index (χ0) is 25.4. The molecule has 186 valence electrons. The standard InChI is InChI=1S/C26H23N7O2S2/c27-21-18(23(34)29-25-30-31-26(37-25)36-15-16-8-2-1-3-9-16)14-19-22(33(21)17-10-4-5-11-17)28-20-12-6-7-13-32(20)24(19)35/h1-3,6-9,12-14,17,27H,4-5,10-11,15H2,(H,29,30,34). The number of hydrogen-bond acceptors (Lipinski definition) is 8. The summed E-state index contributed by atoms with van der Waals surface area (Å²) in [7, 11) is 0. The monoisotopic (exact) mass is 529 g/mol. The van der Waals surface area contributed by atoms with Gasteiger partial charge in [-0.25, -0.2) is 4.98 Å². The van der Waals surface area contributed by atoms with Gasteiger partial charge in [-0.2, -0.15) is 0 Å². The van der Waals surface area contributed by atoms with E-state index in [-0.39, 0.29) is 22.7 Å². The highest BCUT2D eigenvalue weighted by Gasteiger charge is 2.25. The van der Waals surface area contributed by atoms with Crippen LogP contribution in [-0.2, 0) is 5.75 Å². The Balaban J connectivity index is 1.35. The Morgan fingerprint density at radius 2 is 1.89 bits per heavy atom. The molecule has 0 bridgehead atoms. The maximum Gasteiger partial charge on any atom is 0.267 e. The second-order valence-corrected chi connectivity index (χ2v) is 11.1. The third-order valence-corrected chi connectivity index (χ3v) is 8.57. The third kappa shape index (κ3) is 4.56. The molecule has 4 heterocycles. The number of amides is 1. The summed E-state index contributed by atoms with van der Waals surface area (Å²) in [5.41, 5.74) is 2.03. The van der Waals surface area contributed by atoms with Crippen LogP contribution >= 0.6 is 23.1 Å². The maximum atomic E-state index is 13.4. The number of carbonyl (C=O) groups excluding carboxylic acids is 1. The van der Waals surface area contributed by atoms with Crippen molar-refractivity contribution in [1.82, 2.24) is 24.1 Å². The van der Waals surface area contributed by atoms with Crippen molar-refractivity contribution in [2.24, 2.45) is 0 Å². The van der Waals surface area contributed by atoms with Crippen molar-refractivity contribution in [3.63, 3.8) is 0 Å². The molecule has 1 amide bonds. The van der Waals surface area contributed by atoms with Crippen LogP contribution < -0.4 is 16.4 Å². The van der Waals surface area contributed by atoms with Gasteiger partial charge in [0.1, 0.15) is 16.8 Å². The van der Waals surface area contributed by atoms with Crippen molar-refractivity contribution in [2.45, 2.75) is 41.8 Å². The summed E-state index contributed by atoms with van der Waals surface area (Å²) in [6.07, 6.45) is 5.50. The molecule has 37 heavy (non-hydrogen) atoms. The Morgan fingerprint density at radius 1 is 1.11 bits per heavy atom. The van der Waals surface area contributed by atoms with Crippen LogP contribution in [0.2, 0.25) is 0 Å². The molecule has 0 spiro atoms. The van der Waals surface area contributed by atoms with Gasteiger partial charge in [0.2, 0.25) is 5.13 Å². The molecule has 1 aliphatic carbocycles. The first-order valence-corrected chi connectivity index (χ1v) is 13.8. The van der Waals surface area contributed by atoms with E-state index in [1.165, 1.54) is 27.4 Å². The fraction of sp³-hybridized carbons (Fsp3) is 0.231. The van der Waals surface area contributed by atoms with Crippen LogP contribution in [-0.4, -0.2) is 30.1 Å². The summed E-state index contributed by atoms with van der Waals surface area (Å²) in [6.45, 7) is 0. The van der Waals surface area contributed by atoms with E-state index in [0.717, 1.165) is 35.8 Å². The lowest BCUT2D eigenvalue weighted by Gasteiger charge is -2.19. The Kier molecular flexibility index (Phi) is 6.31. The average molecular weight is 530 g/mol. The highest BCUT2D eigenvalue weighted by molar-refractivity contribution is 8.00. The molecule has 1 aromatic carbocycles. The number of pyridine rings is 2. The molecule has 11 heteroatoms. The number of aromatic nitrogens is 5. The molecule has 5 aromatic rings. The summed E-state index contributed by atoms with van der Waals surface area (Å²) >= 11 is 2.83. The number of thioether (sulfide) groups is 1. The third-order valence-electron chi connectivity index (χ3n) is 6.53. The average Bonchev–Trinajstić information content (AvgIpc) is 3.60. The topological polar surface area (TPSA) is 118 Å². The van der Waals surface area contributed by atoms with Crippen LogP contribution in [0, 0.1) is 5.41 Å². The molecule has 0 radical (unpaired) electrons. The van der Waals surface area contributed by atoms with E-state index in [0.29, 0.717) is 21.8 Å². The Labute approximate surface area is 219 Å². The number of nitrogens with one attached hydrogen (secondary N) is 2. The Hall–Kier alpha value is -3.83. The first kappa shape index (κ1) is 23.6. The molecule has 2 N–H and O–H groups in total. The summed E-state index contributed by atoms with van der Waals surface area (Å²) in [5, 5.41) is 20.7. The number of carbonyl (C=O) groups is 1. The second kappa shape index (κ2) is 9.91. The Bertz CT molecular complexity index is 1740. The van der Waals surface area contributed by atoms with Crippen molar-refractivity contribution < 1.29 is 4.79 Å². The molecular formula is C26H23N7O2S2. The van der Waals surface area contributed by atoms with Gasteiger partial charge in [0.25, 0.3) is 11.5 Å². The van der Waals surface area contributed by atoms with E-state index < -0.39 is 5.91 Å². The molecule has 6 rings (SSSR count). The number of fused-ring (bicyclic) bond motifs is 2. The van der Waals surface area contributed by atoms with Gasteiger partial charge in [0.15, 0.2) is 4.34 Å². The summed E-state index contributed by atoms with van der Waals surface area (Å²) < 4.78 is 3.97. The molecule has 1 fully saturated rings. The van der Waals surface area contributed by atoms with E-state index in [1.807, 2.05) is 36.4 Å². The lowest BCUT2D eigenvalue weighted by Crippen LogP contribution is -2.33. The minimum absolute atomic E-state index is 0.0170. The molecule has 9 nitrogen and oxygen atoms in total. The largest absolute Gasteiger partial charge is 0.307 e. The van der Waals surface area contributed by atoms with Crippen LogP contribution in [0.5, 0.6) is 0 Å². The number of anilines is 1. The lowest BCUT2D eigenvalue weighted by atomic mass is 10.1. The second-order valence-electron chi connectivity index (χ2n) is 8.90. The first-order chi connectivity index (χ1) is 18.1. The zero-order valence-electron chi connectivity index (χ0n) is 19.8. The molecule has 4 aromatic heterocycles. The van der Waals surface area contributed by atoms with E-state index in [9.17, 15) is 9.59 Å². The van der Waals surface area contributed by atoms with Crippen molar-refractivity contribution in [3.05, 3.63) is 87.8 Å². The minimum atomic E-state index is -0.494. The highest BCUT2D eigenvalue weighted by atomic mass is 32.2. The molecular weight excluding hydrogens is 506 g/mol.